The Morgan fingerprint density at radius 2 is 1.08 bits per heavy atom. The van der Waals surface area contributed by atoms with E-state index in [4.69, 9.17) is 0 Å². The molecule has 0 aliphatic heterocycles. The minimum Gasteiger partial charge on any atom is -0.336 e. The number of allylic oxidation sites excluding steroid dienone is 6. The Hall–Kier alpha value is -4.48. The Kier molecular flexibility index (Phi) is 5.41. The summed E-state index contributed by atoms with van der Waals surface area (Å²) in [6, 6.07) is 26.2. The van der Waals surface area contributed by atoms with Gasteiger partial charge in [-0.3, -0.25) is 0 Å². The highest BCUT2D eigenvalue weighted by molar-refractivity contribution is 6.08. The van der Waals surface area contributed by atoms with Gasteiger partial charge >= 0.3 is 0 Å². The SMILES string of the molecule is C1#CC/C(Cn2c3ccccc3c3ccccc32)=C\C=C(\Cn2c3c(c4ccccc42)C=CCC=C3)C1. The van der Waals surface area contributed by atoms with Crippen LogP contribution in [0.2, 0.25) is 0 Å². The molecule has 0 fully saturated rings. The Morgan fingerprint density at radius 1 is 0.568 bits per heavy atom. The van der Waals surface area contributed by atoms with Crippen molar-refractivity contribution in [1.82, 2.24) is 9.13 Å². The van der Waals surface area contributed by atoms with E-state index in [1.165, 1.54) is 55.1 Å². The largest absolute Gasteiger partial charge is 0.336 e. The normalized spacial score (nSPS) is 17.8. The van der Waals surface area contributed by atoms with Crippen molar-refractivity contribution in [3.05, 3.63) is 120 Å². The third-order valence-corrected chi connectivity index (χ3v) is 7.60. The molecule has 2 aliphatic rings. The van der Waals surface area contributed by atoms with Gasteiger partial charge in [-0.25, -0.2) is 0 Å². The van der Waals surface area contributed by atoms with Gasteiger partial charge in [-0.05, 0) is 41.8 Å². The molecule has 0 radical (unpaired) electrons. The van der Waals surface area contributed by atoms with Crippen LogP contribution in [0.4, 0.5) is 0 Å². The van der Waals surface area contributed by atoms with Gasteiger partial charge in [0.15, 0.2) is 0 Å². The lowest BCUT2D eigenvalue weighted by molar-refractivity contribution is 0.792. The van der Waals surface area contributed by atoms with E-state index in [9.17, 15) is 0 Å². The fourth-order valence-corrected chi connectivity index (χ4v) is 5.82. The molecule has 0 bridgehead atoms. The fourth-order valence-electron chi connectivity index (χ4n) is 5.82. The van der Waals surface area contributed by atoms with E-state index in [1.54, 1.807) is 0 Å². The van der Waals surface area contributed by atoms with Gasteiger partial charge in [0.1, 0.15) is 0 Å². The van der Waals surface area contributed by atoms with Gasteiger partial charge in [0.25, 0.3) is 0 Å². The van der Waals surface area contributed by atoms with Gasteiger partial charge in [-0.15, -0.1) is 0 Å². The molecule has 5 aromatic rings. The molecule has 0 N–H and O–H groups in total. The minimum atomic E-state index is 0.806. The van der Waals surface area contributed by atoms with Crippen LogP contribution in [-0.2, 0) is 13.1 Å². The maximum atomic E-state index is 3.46. The van der Waals surface area contributed by atoms with Gasteiger partial charge in [-0.2, -0.15) is 0 Å². The Balaban J connectivity index is 1.27. The second-order valence-corrected chi connectivity index (χ2v) is 9.92. The van der Waals surface area contributed by atoms with Crippen LogP contribution in [0.5, 0.6) is 0 Å². The van der Waals surface area contributed by atoms with E-state index in [0.717, 1.165) is 32.4 Å². The first-order valence-corrected chi connectivity index (χ1v) is 13.1. The highest BCUT2D eigenvalue weighted by Gasteiger charge is 2.16. The summed E-state index contributed by atoms with van der Waals surface area (Å²) in [5.41, 5.74) is 9.15. The maximum Gasteiger partial charge on any atom is 0.0494 e. The minimum absolute atomic E-state index is 0.806. The van der Waals surface area contributed by atoms with Crippen LogP contribution in [-0.4, -0.2) is 9.13 Å². The second kappa shape index (κ2) is 9.19. The summed E-state index contributed by atoms with van der Waals surface area (Å²) in [6.45, 7) is 1.70. The molecule has 2 nitrogen and oxygen atoms in total. The molecule has 0 saturated heterocycles. The predicted octanol–water partition coefficient (Wildman–Crippen LogP) is 8.53. The van der Waals surface area contributed by atoms with E-state index in [-0.39, 0.29) is 0 Å². The third-order valence-electron chi connectivity index (χ3n) is 7.60. The highest BCUT2D eigenvalue weighted by Crippen LogP contribution is 2.32. The summed E-state index contributed by atoms with van der Waals surface area (Å²) in [4.78, 5) is 0. The average molecular weight is 477 g/mol. The van der Waals surface area contributed by atoms with Gasteiger partial charge in [-0.1, -0.05) is 96.8 Å². The van der Waals surface area contributed by atoms with Crippen molar-refractivity contribution < 1.29 is 0 Å². The lowest BCUT2D eigenvalue weighted by atomic mass is 10.1. The topological polar surface area (TPSA) is 9.86 Å². The van der Waals surface area contributed by atoms with E-state index in [0.29, 0.717) is 0 Å². The quantitative estimate of drug-likeness (QED) is 0.230. The number of rotatable bonds is 4. The molecule has 0 spiro atoms. The second-order valence-electron chi connectivity index (χ2n) is 9.92. The van der Waals surface area contributed by atoms with Crippen molar-refractivity contribution in [2.45, 2.75) is 32.4 Å². The van der Waals surface area contributed by atoms with Crippen molar-refractivity contribution in [3.63, 3.8) is 0 Å². The number of hydrogen-bond donors (Lipinski definition) is 0. The lowest BCUT2D eigenvalue weighted by Gasteiger charge is -2.13. The summed E-state index contributed by atoms with van der Waals surface area (Å²) < 4.78 is 4.91. The molecule has 2 heterocycles. The molecule has 2 aliphatic carbocycles. The molecule has 2 aromatic heterocycles. The zero-order valence-electron chi connectivity index (χ0n) is 20.8. The summed E-state index contributed by atoms with van der Waals surface area (Å²) in [5.74, 6) is 6.92. The van der Waals surface area contributed by atoms with Crippen molar-refractivity contribution in [1.29, 1.82) is 0 Å². The molecule has 7 rings (SSSR count). The monoisotopic (exact) mass is 476 g/mol. The Labute approximate surface area is 217 Å². The average Bonchev–Trinajstić information content (AvgIpc) is 3.26. The van der Waals surface area contributed by atoms with Crippen LogP contribution < -0.4 is 0 Å². The Bertz CT molecular complexity index is 1800. The van der Waals surface area contributed by atoms with Crippen LogP contribution in [0, 0.1) is 11.8 Å². The van der Waals surface area contributed by atoms with E-state index in [2.05, 4.69) is 130 Å². The van der Waals surface area contributed by atoms with Gasteiger partial charge < -0.3 is 9.13 Å². The summed E-state index contributed by atoms with van der Waals surface area (Å²) >= 11 is 0. The third kappa shape index (κ3) is 3.85. The summed E-state index contributed by atoms with van der Waals surface area (Å²) in [7, 11) is 0. The van der Waals surface area contributed by atoms with Gasteiger partial charge in [0, 0.05) is 69.9 Å². The van der Waals surface area contributed by atoms with Gasteiger partial charge in [0.05, 0.1) is 0 Å². The van der Waals surface area contributed by atoms with Crippen LogP contribution in [0.25, 0.3) is 44.9 Å². The number of para-hydroxylation sites is 3. The molecule has 0 unspecified atom stereocenters. The number of fused-ring (bicyclic) bond motifs is 6. The van der Waals surface area contributed by atoms with Crippen LogP contribution in [0.3, 0.4) is 0 Å². The summed E-state index contributed by atoms with van der Waals surface area (Å²) in [6.07, 6.45) is 16.3. The van der Waals surface area contributed by atoms with Gasteiger partial charge in [0.2, 0.25) is 0 Å². The standard InChI is InChI=1S/C35H28N2/c1-2-14-28-29-15-6-9-19-33(29)36(32(28)18-3-1)24-26-12-4-5-13-27(23-22-26)25-37-34-20-10-7-16-30(34)31-17-8-11-21-35(31)37/h2-3,6-11,14-23H,1,12-13,24-25H2/b26-22+,27-23+. The lowest BCUT2D eigenvalue weighted by Crippen LogP contribution is -2.05. The van der Waals surface area contributed by atoms with E-state index < -0.39 is 0 Å². The first-order valence-electron chi connectivity index (χ1n) is 13.1. The van der Waals surface area contributed by atoms with Crippen LogP contribution in [0.1, 0.15) is 30.5 Å². The van der Waals surface area contributed by atoms with Crippen LogP contribution in [0.15, 0.2) is 108 Å². The molecule has 0 saturated carbocycles. The molecular weight excluding hydrogens is 448 g/mol. The number of hydrogen-bond acceptors (Lipinski definition) is 0. The van der Waals surface area contributed by atoms with Crippen molar-refractivity contribution in [3.8, 4) is 11.8 Å². The first kappa shape index (κ1) is 21.8. The van der Waals surface area contributed by atoms with Crippen molar-refractivity contribution in [2.24, 2.45) is 0 Å². The van der Waals surface area contributed by atoms with Crippen LogP contribution >= 0.6 is 0 Å². The van der Waals surface area contributed by atoms with E-state index in [1.807, 2.05) is 0 Å². The smallest absolute Gasteiger partial charge is 0.0494 e. The zero-order chi connectivity index (χ0) is 24.6. The molecule has 3 aromatic carbocycles. The molecule has 178 valence electrons. The molecule has 0 atom stereocenters. The predicted molar refractivity (Wildman–Crippen MR) is 157 cm³/mol. The maximum absolute atomic E-state index is 3.46. The highest BCUT2D eigenvalue weighted by atomic mass is 15.0. The first-order chi connectivity index (χ1) is 18.4. The molecule has 2 heteroatoms. The molecular formula is C35H28N2. The van der Waals surface area contributed by atoms with Crippen molar-refractivity contribution in [2.75, 3.05) is 0 Å². The summed E-state index contributed by atoms with van der Waals surface area (Å²) in [5, 5.41) is 3.95. The molecule has 37 heavy (non-hydrogen) atoms. The number of nitrogens with zero attached hydrogens (tertiary/aromatic N) is 2. The fraction of sp³-hybridized carbons (Fsp3) is 0.143. The van der Waals surface area contributed by atoms with E-state index >= 15 is 0 Å². The number of aromatic nitrogens is 2. The molecule has 0 amide bonds. The Morgan fingerprint density at radius 3 is 1.73 bits per heavy atom. The van der Waals surface area contributed by atoms with Crippen molar-refractivity contribution >= 4 is 44.9 Å². The zero-order valence-corrected chi connectivity index (χ0v) is 20.8. The number of benzene rings is 3.